The highest BCUT2D eigenvalue weighted by molar-refractivity contribution is 5.43. The van der Waals surface area contributed by atoms with Crippen molar-refractivity contribution in [3.63, 3.8) is 0 Å². The Morgan fingerprint density at radius 3 is 2.14 bits per heavy atom. The zero-order chi connectivity index (χ0) is 15.7. The van der Waals surface area contributed by atoms with Gasteiger partial charge in [-0.1, -0.05) is 0 Å². The largest absolute Gasteiger partial charge is 0.377 e. The van der Waals surface area contributed by atoms with Crippen molar-refractivity contribution >= 4 is 17.8 Å². The first-order chi connectivity index (χ1) is 10.1. The Balaban J connectivity index is 2.86. The third-order valence-corrected chi connectivity index (χ3v) is 3.00. The molecule has 0 radical (unpaired) electrons. The number of nitrogens with zero attached hydrogens (tertiary/aromatic N) is 4. The molecule has 0 aliphatic heterocycles. The topological polar surface area (TPSA) is 75.2 Å². The van der Waals surface area contributed by atoms with Crippen LogP contribution in [0.2, 0.25) is 0 Å². The third kappa shape index (κ3) is 5.71. The molecule has 7 nitrogen and oxygen atoms in total. The molecule has 1 unspecified atom stereocenters. The molecule has 21 heavy (non-hydrogen) atoms. The van der Waals surface area contributed by atoms with Crippen LogP contribution in [0.15, 0.2) is 0 Å². The Morgan fingerprint density at radius 1 is 1.00 bits per heavy atom. The van der Waals surface area contributed by atoms with Crippen molar-refractivity contribution in [2.45, 2.75) is 40.7 Å². The minimum absolute atomic E-state index is 0.117. The predicted octanol–water partition coefficient (Wildman–Crippen LogP) is 1.99. The summed E-state index contributed by atoms with van der Waals surface area (Å²) in [6.45, 7) is 14.1. The second kappa shape index (κ2) is 9.33. The van der Waals surface area contributed by atoms with Crippen molar-refractivity contribution < 1.29 is 4.74 Å². The summed E-state index contributed by atoms with van der Waals surface area (Å²) < 4.78 is 5.50. The minimum atomic E-state index is 0.117. The molecule has 0 amide bonds. The highest BCUT2D eigenvalue weighted by atomic mass is 16.5. The van der Waals surface area contributed by atoms with E-state index in [2.05, 4.69) is 44.3 Å². The van der Waals surface area contributed by atoms with E-state index in [4.69, 9.17) is 4.74 Å². The fourth-order valence-corrected chi connectivity index (χ4v) is 1.91. The number of aromatic nitrogens is 3. The van der Waals surface area contributed by atoms with E-state index in [1.807, 2.05) is 20.8 Å². The van der Waals surface area contributed by atoms with Crippen LogP contribution in [-0.2, 0) is 4.74 Å². The number of anilines is 3. The van der Waals surface area contributed by atoms with Crippen molar-refractivity contribution in [2.24, 2.45) is 0 Å². The number of hydrogen-bond acceptors (Lipinski definition) is 7. The van der Waals surface area contributed by atoms with Crippen LogP contribution in [0.3, 0.4) is 0 Å². The van der Waals surface area contributed by atoms with Crippen molar-refractivity contribution in [3.05, 3.63) is 0 Å². The summed E-state index contributed by atoms with van der Waals surface area (Å²) in [6, 6.07) is 0. The van der Waals surface area contributed by atoms with Crippen LogP contribution in [0.4, 0.5) is 17.8 Å². The molecule has 1 heterocycles. The predicted molar refractivity (Wildman–Crippen MR) is 87.1 cm³/mol. The average Bonchev–Trinajstić information content (AvgIpc) is 2.47. The lowest BCUT2D eigenvalue weighted by atomic mass is 10.4. The Morgan fingerprint density at radius 2 is 1.62 bits per heavy atom. The zero-order valence-corrected chi connectivity index (χ0v) is 13.8. The maximum absolute atomic E-state index is 5.50. The van der Waals surface area contributed by atoms with Gasteiger partial charge in [-0.2, -0.15) is 15.0 Å². The highest BCUT2D eigenvalue weighted by Gasteiger charge is 2.11. The maximum atomic E-state index is 5.50. The summed E-state index contributed by atoms with van der Waals surface area (Å²) in [5.41, 5.74) is 0. The number of nitrogens with one attached hydrogen (secondary N) is 2. The van der Waals surface area contributed by atoms with E-state index in [1.165, 1.54) is 0 Å². The normalized spacial score (nSPS) is 12.0. The molecule has 0 aromatic carbocycles. The molecule has 0 aliphatic carbocycles. The lowest BCUT2D eigenvalue weighted by Crippen LogP contribution is -2.26. The molecule has 7 heteroatoms. The molecule has 0 bridgehead atoms. The van der Waals surface area contributed by atoms with Crippen LogP contribution >= 0.6 is 0 Å². The van der Waals surface area contributed by atoms with Gasteiger partial charge in [0, 0.05) is 32.8 Å². The van der Waals surface area contributed by atoms with Gasteiger partial charge >= 0.3 is 0 Å². The standard InChI is InChI=1S/C14H28N6O/c1-6-15-12-17-13(16-10-11(5)21-9-4)19-14(18-12)20(7-2)8-3/h11H,6-10H2,1-5H3,(H2,15,16,17,18,19). The van der Waals surface area contributed by atoms with Gasteiger partial charge in [0.05, 0.1) is 6.10 Å². The molecule has 0 saturated carbocycles. The molecule has 1 aromatic heterocycles. The van der Waals surface area contributed by atoms with Crippen molar-refractivity contribution in [3.8, 4) is 0 Å². The van der Waals surface area contributed by atoms with Crippen LogP contribution in [0, 0.1) is 0 Å². The van der Waals surface area contributed by atoms with Crippen LogP contribution in [-0.4, -0.2) is 53.8 Å². The molecule has 1 atom stereocenters. The zero-order valence-electron chi connectivity index (χ0n) is 13.8. The second-order valence-electron chi connectivity index (χ2n) is 4.63. The van der Waals surface area contributed by atoms with Crippen LogP contribution in [0.1, 0.15) is 34.6 Å². The quantitative estimate of drug-likeness (QED) is 0.684. The van der Waals surface area contributed by atoms with E-state index in [0.29, 0.717) is 31.0 Å². The van der Waals surface area contributed by atoms with E-state index in [-0.39, 0.29) is 6.10 Å². The number of hydrogen-bond donors (Lipinski definition) is 2. The number of ether oxygens (including phenoxy) is 1. The fraction of sp³-hybridized carbons (Fsp3) is 0.786. The first kappa shape index (κ1) is 17.4. The summed E-state index contributed by atoms with van der Waals surface area (Å²) in [6.07, 6.45) is 0.117. The summed E-state index contributed by atoms with van der Waals surface area (Å²) in [5, 5.41) is 6.36. The molecule has 0 saturated heterocycles. The first-order valence-electron chi connectivity index (χ1n) is 7.74. The first-order valence-corrected chi connectivity index (χ1v) is 7.74. The van der Waals surface area contributed by atoms with E-state index in [1.54, 1.807) is 0 Å². The van der Waals surface area contributed by atoms with Crippen molar-refractivity contribution in [1.29, 1.82) is 0 Å². The van der Waals surface area contributed by atoms with Crippen molar-refractivity contribution in [1.82, 2.24) is 15.0 Å². The number of rotatable bonds is 10. The molecule has 0 aliphatic rings. The Kier molecular flexibility index (Phi) is 7.74. The molecule has 0 spiro atoms. The summed E-state index contributed by atoms with van der Waals surface area (Å²) >= 11 is 0. The van der Waals surface area contributed by atoms with Crippen LogP contribution < -0.4 is 15.5 Å². The van der Waals surface area contributed by atoms with E-state index < -0.39 is 0 Å². The molecule has 2 N–H and O–H groups in total. The molecule has 1 rings (SSSR count). The molecular formula is C14H28N6O. The van der Waals surface area contributed by atoms with E-state index >= 15 is 0 Å². The lowest BCUT2D eigenvalue weighted by molar-refractivity contribution is 0.0854. The molecule has 1 aromatic rings. The average molecular weight is 296 g/mol. The smallest absolute Gasteiger partial charge is 0.231 e. The third-order valence-electron chi connectivity index (χ3n) is 3.00. The van der Waals surface area contributed by atoms with Gasteiger partial charge in [-0.15, -0.1) is 0 Å². The van der Waals surface area contributed by atoms with E-state index in [9.17, 15) is 0 Å². The molecule has 0 fully saturated rings. The molecular weight excluding hydrogens is 268 g/mol. The summed E-state index contributed by atoms with van der Waals surface area (Å²) in [4.78, 5) is 15.4. The maximum Gasteiger partial charge on any atom is 0.231 e. The highest BCUT2D eigenvalue weighted by Crippen LogP contribution is 2.13. The van der Waals surface area contributed by atoms with Gasteiger partial charge in [0.15, 0.2) is 0 Å². The SMILES string of the molecule is CCNc1nc(NCC(C)OCC)nc(N(CC)CC)n1. The van der Waals surface area contributed by atoms with Crippen LogP contribution in [0.25, 0.3) is 0 Å². The van der Waals surface area contributed by atoms with Gasteiger partial charge in [-0.05, 0) is 34.6 Å². The Bertz CT molecular complexity index is 410. The monoisotopic (exact) mass is 296 g/mol. The van der Waals surface area contributed by atoms with Gasteiger partial charge in [0.25, 0.3) is 0 Å². The summed E-state index contributed by atoms with van der Waals surface area (Å²) in [7, 11) is 0. The van der Waals surface area contributed by atoms with Gasteiger partial charge in [0.1, 0.15) is 0 Å². The van der Waals surface area contributed by atoms with E-state index in [0.717, 1.165) is 19.6 Å². The van der Waals surface area contributed by atoms with Crippen LogP contribution in [0.5, 0.6) is 0 Å². The Labute approximate surface area is 127 Å². The minimum Gasteiger partial charge on any atom is -0.377 e. The molecule has 120 valence electrons. The van der Waals surface area contributed by atoms with Gasteiger partial charge in [0.2, 0.25) is 17.8 Å². The van der Waals surface area contributed by atoms with Gasteiger partial charge in [-0.25, -0.2) is 0 Å². The van der Waals surface area contributed by atoms with Crippen molar-refractivity contribution in [2.75, 3.05) is 48.3 Å². The van der Waals surface area contributed by atoms with Gasteiger partial charge in [-0.3, -0.25) is 0 Å². The van der Waals surface area contributed by atoms with Gasteiger partial charge < -0.3 is 20.3 Å². The second-order valence-corrected chi connectivity index (χ2v) is 4.63. The lowest BCUT2D eigenvalue weighted by Gasteiger charge is -2.20. The Hall–Kier alpha value is -1.63. The fourth-order valence-electron chi connectivity index (χ4n) is 1.91. The summed E-state index contributed by atoms with van der Waals surface area (Å²) in [5.74, 6) is 1.87.